The Hall–Kier alpha value is -3.93. The monoisotopic (exact) mass is 442 g/mol. The maximum Gasteiger partial charge on any atom is 0.339 e. The van der Waals surface area contributed by atoms with Gasteiger partial charge >= 0.3 is 5.97 Å². The number of nitrogens with zero attached hydrogens (tertiary/aromatic N) is 1. The molecule has 168 valence electrons. The number of hydrogen-bond donors (Lipinski definition) is 1. The number of esters is 1. The zero-order valence-corrected chi connectivity index (χ0v) is 18.7. The molecule has 1 atom stereocenters. The van der Waals surface area contributed by atoms with Crippen molar-refractivity contribution in [2.24, 2.45) is 0 Å². The lowest BCUT2D eigenvalue weighted by Crippen LogP contribution is -2.48. The number of likely N-dealkylation sites (N-methyl/N-ethyl adjacent to an activating group) is 1. The molecule has 4 rings (SSSR count). The third-order valence-electron chi connectivity index (χ3n) is 5.82. The molecule has 1 N–H and O–H groups in total. The number of nitrogens with one attached hydrogen (secondary N) is 1. The number of benzene rings is 3. The van der Waals surface area contributed by atoms with Crippen LogP contribution in [0.15, 0.2) is 78.9 Å². The van der Waals surface area contributed by atoms with Crippen molar-refractivity contribution in [3.8, 4) is 0 Å². The van der Waals surface area contributed by atoms with Gasteiger partial charge in [0.1, 0.15) is 0 Å². The topological polar surface area (TPSA) is 75.7 Å². The van der Waals surface area contributed by atoms with Crippen molar-refractivity contribution >= 4 is 29.2 Å². The number of rotatable bonds is 6. The molecule has 6 heteroatoms. The molecule has 0 radical (unpaired) electrons. The number of ether oxygens (including phenoxy) is 1. The van der Waals surface area contributed by atoms with Gasteiger partial charge in [-0.3, -0.25) is 9.59 Å². The summed E-state index contributed by atoms with van der Waals surface area (Å²) in [5, 5.41) is 2.83. The molecule has 3 aromatic carbocycles. The average molecular weight is 443 g/mol. The first-order chi connectivity index (χ1) is 15.9. The summed E-state index contributed by atoms with van der Waals surface area (Å²) >= 11 is 0. The van der Waals surface area contributed by atoms with Crippen LogP contribution < -0.4 is 10.2 Å². The fourth-order valence-electron chi connectivity index (χ4n) is 4.01. The molecular formula is C27H26N2O4. The van der Waals surface area contributed by atoms with E-state index in [0.717, 1.165) is 16.8 Å². The van der Waals surface area contributed by atoms with E-state index in [9.17, 15) is 14.4 Å². The summed E-state index contributed by atoms with van der Waals surface area (Å²) < 4.78 is 5.49. The van der Waals surface area contributed by atoms with Crippen LogP contribution in [0.3, 0.4) is 0 Å². The first-order valence-corrected chi connectivity index (χ1v) is 11.0. The highest BCUT2D eigenvalue weighted by molar-refractivity contribution is 6.02. The van der Waals surface area contributed by atoms with Gasteiger partial charge in [-0.25, -0.2) is 4.79 Å². The number of amides is 2. The Morgan fingerprint density at radius 1 is 0.970 bits per heavy atom. The fourth-order valence-corrected chi connectivity index (χ4v) is 4.01. The SMILES string of the molecule is CCN(C(=O)Cc1ccc(NC(=O)C2(C)Cc3ccccc3C(=O)O2)cc1)c1ccccc1. The van der Waals surface area contributed by atoms with Crippen molar-refractivity contribution in [2.45, 2.75) is 32.3 Å². The van der Waals surface area contributed by atoms with Gasteiger partial charge < -0.3 is 15.0 Å². The van der Waals surface area contributed by atoms with E-state index in [1.165, 1.54) is 0 Å². The maximum absolute atomic E-state index is 12.9. The number of carbonyl (C=O) groups excluding carboxylic acids is 3. The van der Waals surface area contributed by atoms with Crippen LogP contribution in [0.25, 0.3) is 0 Å². The molecule has 0 saturated heterocycles. The Balaban J connectivity index is 1.41. The average Bonchev–Trinajstić information content (AvgIpc) is 2.81. The summed E-state index contributed by atoms with van der Waals surface area (Å²) in [5.41, 5.74) is 2.27. The van der Waals surface area contributed by atoms with Gasteiger partial charge in [-0.15, -0.1) is 0 Å². The largest absolute Gasteiger partial charge is 0.445 e. The zero-order chi connectivity index (χ0) is 23.4. The Labute approximate surface area is 193 Å². The first-order valence-electron chi connectivity index (χ1n) is 11.0. The molecular weight excluding hydrogens is 416 g/mol. The highest BCUT2D eigenvalue weighted by Gasteiger charge is 2.42. The van der Waals surface area contributed by atoms with E-state index >= 15 is 0 Å². The molecule has 0 fully saturated rings. The van der Waals surface area contributed by atoms with Crippen LogP contribution in [0, 0.1) is 0 Å². The van der Waals surface area contributed by atoms with E-state index in [0.29, 0.717) is 24.2 Å². The lowest BCUT2D eigenvalue weighted by atomic mass is 9.89. The van der Waals surface area contributed by atoms with E-state index in [2.05, 4.69) is 5.32 Å². The van der Waals surface area contributed by atoms with Gasteiger partial charge in [0.2, 0.25) is 5.91 Å². The van der Waals surface area contributed by atoms with E-state index < -0.39 is 17.5 Å². The van der Waals surface area contributed by atoms with Gasteiger partial charge in [0.15, 0.2) is 5.60 Å². The molecule has 0 spiro atoms. The van der Waals surface area contributed by atoms with Gasteiger partial charge in [-0.05, 0) is 55.3 Å². The standard InChI is InChI=1S/C27H26N2O4/c1-3-29(22-10-5-4-6-11-22)24(30)17-19-13-15-21(16-14-19)28-26(32)27(2)18-20-9-7-8-12-23(20)25(31)33-27/h4-16H,3,17-18H2,1-2H3,(H,28,32). The second-order valence-electron chi connectivity index (χ2n) is 8.26. The minimum Gasteiger partial charge on any atom is -0.445 e. The minimum atomic E-state index is -1.29. The van der Waals surface area contributed by atoms with Crippen LogP contribution in [0.2, 0.25) is 0 Å². The van der Waals surface area contributed by atoms with E-state index in [-0.39, 0.29) is 12.3 Å². The Morgan fingerprint density at radius 2 is 1.64 bits per heavy atom. The van der Waals surface area contributed by atoms with E-state index in [1.807, 2.05) is 61.5 Å². The molecule has 0 saturated carbocycles. The van der Waals surface area contributed by atoms with Crippen LogP contribution >= 0.6 is 0 Å². The molecule has 1 aliphatic rings. The number of anilines is 2. The summed E-state index contributed by atoms with van der Waals surface area (Å²) in [5.74, 6) is -0.890. The summed E-state index contributed by atoms with van der Waals surface area (Å²) in [6.45, 7) is 4.14. The summed E-state index contributed by atoms with van der Waals surface area (Å²) in [7, 11) is 0. The molecule has 1 unspecified atom stereocenters. The second kappa shape index (κ2) is 9.28. The van der Waals surface area contributed by atoms with Gasteiger partial charge in [0.05, 0.1) is 12.0 Å². The highest BCUT2D eigenvalue weighted by Crippen LogP contribution is 2.29. The van der Waals surface area contributed by atoms with Crippen LogP contribution in [-0.2, 0) is 27.2 Å². The molecule has 3 aromatic rings. The number of hydrogen-bond acceptors (Lipinski definition) is 4. The molecule has 0 aliphatic carbocycles. The van der Waals surface area contributed by atoms with Gasteiger partial charge in [0.25, 0.3) is 5.91 Å². The summed E-state index contributed by atoms with van der Waals surface area (Å²) in [4.78, 5) is 39.8. The predicted octanol–water partition coefficient (Wildman–Crippen LogP) is 4.39. The smallest absolute Gasteiger partial charge is 0.339 e. The van der Waals surface area contributed by atoms with Crippen LogP contribution in [0.5, 0.6) is 0 Å². The maximum atomic E-state index is 12.9. The van der Waals surface area contributed by atoms with Crippen LogP contribution in [0.4, 0.5) is 11.4 Å². The van der Waals surface area contributed by atoms with Gasteiger partial charge in [-0.1, -0.05) is 48.5 Å². The third kappa shape index (κ3) is 4.80. The molecule has 2 amide bonds. The third-order valence-corrected chi connectivity index (χ3v) is 5.82. The van der Waals surface area contributed by atoms with Gasteiger partial charge in [0, 0.05) is 24.3 Å². The Kier molecular flexibility index (Phi) is 6.27. The van der Waals surface area contributed by atoms with E-state index in [1.54, 1.807) is 36.1 Å². The highest BCUT2D eigenvalue weighted by atomic mass is 16.6. The van der Waals surface area contributed by atoms with Crippen molar-refractivity contribution in [2.75, 3.05) is 16.8 Å². The van der Waals surface area contributed by atoms with Gasteiger partial charge in [-0.2, -0.15) is 0 Å². The lowest BCUT2D eigenvalue weighted by molar-refractivity contribution is -0.134. The normalized spacial score (nSPS) is 17.0. The van der Waals surface area contributed by atoms with Crippen molar-refractivity contribution in [1.29, 1.82) is 0 Å². The molecule has 0 bridgehead atoms. The summed E-state index contributed by atoms with van der Waals surface area (Å²) in [6, 6.07) is 23.8. The van der Waals surface area contributed by atoms with E-state index in [4.69, 9.17) is 4.74 Å². The summed E-state index contributed by atoms with van der Waals surface area (Å²) in [6.07, 6.45) is 0.558. The fraction of sp³-hybridized carbons (Fsp3) is 0.222. The molecule has 1 heterocycles. The Bertz CT molecular complexity index is 1170. The predicted molar refractivity (Wildman–Crippen MR) is 127 cm³/mol. The van der Waals surface area contributed by atoms with Crippen molar-refractivity contribution in [3.05, 3.63) is 95.6 Å². The first kappa shape index (κ1) is 22.3. The minimum absolute atomic E-state index is 0.000722. The number of carbonyl (C=O) groups is 3. The number of fused-ring (bicyclic) bond motifs is 1. The lowest BCUT2D eigenvalue weighted by Gasteiger charge is -2.33. The molecule has 1 aliphatic heterocycles. The number of para-hydroxylation sites is 1. The van der Waals surface area contributed by atoms with Crippen molar-refractivity contribution in [3.63, 3.8) is 0 Å². The van der Waals surface area contributed by atoms with Crippen LogP contribution in [0.1, 0.15) is 35.3 Å². The van der Waals surface area contributed by atoms with Crippen molar-refractivity contribution < 1.29 is 19.1 Å². The number of cyclic esters (lactones) is 1. The molecule has 6 nitrogen and oxygen atoms in total. The Morgan fingerprint density at radius 3 is 2.33 bits per heavy atom. The van der Waals surface area contributed by atoms with Crippen molar-refractivity contribution in [1.82, 2.24) is 0 Å². The van der Waals surface area contributed by atoms with Crippen LogP contribution in [-0.4, -0.2) is 29.9 Å². The second-order valence-corrected chi connectivity index (χ2v) is 8.26. The zero-order valence-electron chi connectivity index (χ0n) is 18.7. The molecule has 33 heavy (non-hydrogen) atoms. The quantitative estimate of drug-likeness (QED) is 0.575. The molecule has 0 aromatic heterocycles.